The molecule has 0 atom stereocenters. The lowest BCUT2D eigenvalue weighted by Crippen LogP contribution is -2.29. The molecule has 1 heterocycles. The zero-order valence-electron chi connectivity index (χ0n) is 10.00. The van der Waals surface area contributed by atoms with E-state index in [1.54, 1.807) is 6.20 Å². The summed E-state index contributed by atoms with van der Waals surface area (Å²) < 4.78 is 0. The number of hydrogen-bond donors (Lipinski definition) is 2. The summed E-state index contributed by atoms with van der Waals surface area (Å²) in [4.78, 5) is 4.26. The minimum Gasteiger partial charge on any atom is -0.399 e. The van der Waals surface area contributed by atoms with Gasteiger partial charge in [0.1, 0.15) is 5.82 Å². The molecule has 0 unspecified atom stereocenters. The van der Waals surface area contributed by atoms with Gasteiger partial charge in [-0.05, 0) is 24.3 Å². The van der Waals surface area contributed by atoms with Gasteiger partial charge in [0.05, 0.1) is 0 Å². The molecule has 0 bridgehead atoms. The number of nitrogens with one attached hydrogen (secondary N) is 1. The number of rotatable bonds is 3. The van der Waals surface area contributed by atoms with Crippen molar-refractivity contribution < 1.29 is 0 Å². The molecule has 0 radical (unpaired) electrons. The maximum atomic E-state index is 5.72. The molecular formula is C13H21N3. The third kappa shape index (κ3) is 2.87. The van der Waals surface area contributed by atoms with Crippen molar-refractivity contribution in [1.82, 2.24) is 4.98 Å². The number of anilines is 2. The van der Waals surface area contributed by atoms with Crippen LogP contribution in [0.4, 0.5) is 11.5 Å². The van der Waals surface area contributed by atoms with Crippen LogP contribution in [0, 0.1) is 5.41 Å². The van der Waals surface area contributed by atoms with E-state index < -0.39 is 0 Å². The van der Waals surface area contributed by atoms with Crippen molar-refractivity contribution >= 4 is 11.5 Å². The summed E-state index contributed by atoms with van der Waals surface area (Å²) in [5.74, 6) is 0.895. The maximum Gasteiger partial charge on any atom is 0.127 e. The van der Waals surface area contributed by atoms with Crippen molar-refractivity contribution in [2.75, 3.05) is 17.6 Å². The quantitative estimate of drug-likeness (QED) is 0.821. The third-order valence-corrected chi connectivity index (χ3v) is 3.54. The molecule has 3 nitrogen and oxygen atoms in total. The maximum absolute atomic E-state index is 5.72. The summed E-state index contributed by atoms with van der Waals surface area (Å²) in [5, 5.41) is 3.40. The molecular weight excluding hydrogens is 198 g/mol. The fraction of sp³-hybridized carbons (Fsp3) is 0.615. The van der Waals surface area contributed by atoms with Crippen LogP contribution in [-0.4, -0.2) is 11.5 Å². The van der Waals surface area contributed by atoms with E-state index in [0.717, 1.165) is 18.1 Å². The van der Waals surface area contributed by atoms with E-state index >= 15 is 0 Å². The van der Waals surface area contributed by atoms with Crippen LogP contribution in [0.15, 0.2) is 18.3 Å². The molecule has 0 amide bonds. The molecule has 3 N–H and O–H groups in total. The Morgan fingerprint density at radius 3 is 2.81 bits per heavy atom. The molecule has 1 aliphatic carbocycles. The molecule has 1 aromatic rings. The van der Waals surface area contributed by atoms with E-state index in [9.17, 15) is 0 Å². The summed E-state index contributed by atoms with van der Waals surface area (Å²) in [6.07, 6.45) is 8.52. The number of hydrogen-bond acceptors (Lipinski definition) is 3. The SMILES string of the molecule is CC1(CNc2cc(N)ccn2)CCCCC1. The largest absolute Gasteiger partial charge is 0.399 e. The molecule has 2 rings (SSSR count). The second-order valence-corrected chi connectivity index (χ2v) is 5.20. The van der Waals surface area contributed by atoms with Crippen LogP contribution in [0.2, 0.25) is 0 Å². The molecule has 0 aromatic carbocycles. The number of nitrogens with zero attached hydrogens (tertiary/aromatic N) is 1. The predicted molar refractivity (Wildman–Crippen MR) is 68.3 cm³/mol. The Kier molecular flexibility index (Phi) is 3.32. The Labute approximate surface area is 97.5 Å². The van der Waals surface area contributed by atoms with E-state index in [1.807, 2.05) is 12.1 Å². The predicted octanol–water partition coefficient (Wildman–Crippen LogP) is 3.05. The van der Waals surface area contributed by atoms with E-state index in [-0.39, 0.29) is 0 Å². The van der Waals surface area contributed by atoms with Crippen molar-refractivity contribution in [2.24, 2.45) is 5.41 Å². The van der Waals surface area contributed by atoms with Crippen LogP contribution in [0.1, 0.15) is 39.0 Å². The first kappa shape index (κ1) is 11.2. The average molecular weight is 219 g/mol. The molecule has 16 heavy (non-hydrogen) atoms. The van der Waals surface area contributed by atoms with Gasteiger partial charge in [0, 0.05) is 24.5 Å². The molecule has 88 valence electrons. The number of pyridine rings is 1. The van der Waals surface area contributed by atoms with Crippen LogP contribution in [0.25, 0.3) is 0 Å². The number of nitrogen functional groups attached to an aromatic ring is 1. The summed E-state index contributed by atoms with van der Waals surface area (Å²) in [6, 6.07) is 3.71. The number of nitrogens with two attached hydrogens (primary N) is 1. The van der Waals surface area contributed by atoms with Crippen molar-refractivity contribution in [3.05, 3.63) is 18.3 Å². The smallest absolute Gasteiger partial charge is 0.127 e. The molecule has 1 fully saturated rings. The van der Waals surface area contributed by atoms with E-state index in [2.05, 4.69) is 17.2 Å². The standard InChI is InChI=1S/C13H21N3/c1-13(6-3-2-4-7-13)10-16-12-9-11(14)5-8-15-12/h5,8-9H,2-4,6-7,10H2,1H3,(H3,14,15,16). The third-order valence-electron chi connectivity index (χ3n) is 3.54. The topological polar surface area (TPSA) is 50.9 Å². The summed E-state index contributed by atoms with van der Waals surface area (Å²) in [5.41, 5.74) is 6.93. The molecule has 0 spiro atoms. The zero-order valence-corrected chi connectivity index (χ0v) is 10.00. The summed E-state index contributed by atoms with van der Waals surface area (Å²) >= 11 is 0. The molecule has 0 saturated heterocycles. The van der Waals surface area contributed by atoms with E-state index in [0.29, 0.717) is 5.41 Å². The van der Waals surface area contributed by atoms with Gasteiger partial charge in [0.25, 0.3) is 0 Å². The molecule has 1 aliphatic rings. The lowest BCUT2D eigenvalue weighted by atomic mass is 9.76. The Bertz CT molecular complexity index is 343. The Hall–Kier alpha value is -1.25. The van der Waals surface area contributed by atoms with Gasteiger partial charge in [-0.3, -0.25) is 0 Å². The highest BCUT2D eigenvalue weighted by Gasteiger charge is 2.26. The molecule has 3 heteroatoms. The minimum absolute atomic E-state index is 0.435. The van der Waals surface area contributed by atoms with Crippen LogP contribution >= 0.6 is 0 Å². The van der Waals surface area contributed by atoms with Crippen molar-refractivity contribution in [1.29, 1.82) is 0 Å². The summed E-state index contributed by atoms with van der Waals surface area (Å²) in [7, 11) is 0. The van der Waals surface area contributed by atoms with Gasteiger partial charge in [-0.2, -0.15) is 0 Å². The zero-order chi connectivity index (χ0) is 11.4. The lowest BCUT2D eigenvalue weighted by molar-refractivity contribution is 0.233. The highest BCUT2D eigenvalue weighted by atomic mass is 15.0. The molecule has 0 aliphatic heterocycles. The highest BCUT2D eigenvalue weighted by molar-refractivity contribution is 5.48. The van der Waals surface area contributed by atoms with Gasteiger partial charge < -0.3 is 11.1 Å². The fourth-order valence-corrected chi connectivity index (χ4v) is 2.43. The van der Waals surface area contributed by atoms with Crippen molar-refractivity contribution in [3.63, 3.8) is 0 Å². The first-order valence-electron chi connectivity index (χ1n) is 6.13. The Balaban J connectivity index is 1.91. The second kappa shape index (κ2) is 4.73. The molecule has 1 saturated carbocycles. The van der Waals surface area contributed by atoms with Crippen molar-refractivity contribution in [3.8, 4) is 0 Å². The fourth-order valence-electron chi connectivity index (χ4n) is 2.43. The van der Waals surface area contributed by atoms with Gasteiger partial charge in [-0.25, -0.2) is 4.98 Å². The van der Waals surface area contributed by atoms with Gasteiger partial charge in [0.15, 0.2) is 0 Å². The van der Waals surface area contributed by atoms with Crippen molar-refractivity contribution in [2.45, 2.75) is 39.0 Å². The van der Waals surface area contributed by atoms with Crippen LogP contribution in [0.3, 0.4) is 0 Å². The first-order chi connectivity index (χ1) is 7.68. The van der Waals surface area contributed by atoms with Gasteiger partial charge in [-0.1, -0.05) is 26.2 Å². The van der Waals surface area contributed by atoms with E-state index in [4.69, 9.17) is 5.73 Å². The second-order valence-electron chi connectivity index (χ2n) is 5.20. The Morgan fingerprint density at radius 2 is 2.12 bits per heavy atom. The average Bonchev–Trinajstić information content (AvgIpc) is 2.28. The first-order valence-corrected chi connectivity index (χ1v) is 6.13. The number of aromatic nitrogens is 1. The van der Waals surface area contributed by atoms with Gasteiger partial charge in [-0.15, -0.1) is 0 Å². The van der Waals surface area contributed by atoms with Crippen LogP contribution in [0.5, 0.6) is 0 Å². The van der Waals surface area contributed by atoms with Crippen LogP contribution < -0.4 is 11.1 Å². The van der Waals surface area contributed by atoms with E-state index in [1.165, 1.54) is 32.1 Å². The van der Waals surface area contributed by atoms with Crippen LogP contribution in [-0.2, 0) is 0 Å². The summed E-state index contributed by atoms with van der Waals surface area (Å²) in [6.45, 7) is 3.37. The van der Waals surface area contributed by atoms with Gasteiger partial charge in [0.2, 0.25) is 0 Å². The minimum atomic E-state index is 0.435. The monoisotopic (exact) mass is 219 g/mol. The molecule has 1 aromatic heterocycles. The lowest BCUT2D eigenvalue weighted by Gasteiger charge is -2.33. The Morgan fingerprint density at radius 1 is 1.38 bits per heavy atom. The normalized spacial score (nSPS) is 19.3. The highest BCUT2D eigenvalue weighted by Crippen LogP contribution is 2.35. The van der Waals surface area contributed by atoms with Gasteiger partial charge >= 0.3 is 0 Å².